The Hall–Kier alpha value is -4.46. The minimum Gasteiger partial charge on any atom is -0.480 e. The molecule has 1 aromatic carbocycles. The molecule has 3 aromatic heterocycles. The van der Waals surface area contributed by atoms with Gasteiger partial charge in [0.25, 0.3) is 0 Å². The first-order valence-electron chi connectivity index (χ1n) is 13.4. The van der Waals surface area contributed by atoms with Crippen molar-refractivity contribution in [3.05, 3.63) is 81.8 Å². The third-order valence-electron chi connectivity index (χ3n) is 7.62. The zero-order valence-corrected chi connectivity index (χ0v) is 22.8. The first-order valence-corrected chi connectivity index (χ1v) is 13.4. The molecule has 0 N–H and O–H groups in total. The number of ether oxygens (including phenoxy) is 2. The predicted octanol–water partition coefficient (Wildman–Crippen LogP) is 7.12. The molecule has 210 valence electrons. The van der Waals surface area contributed by atoms with Gasteiger partial charge < -0.3 is 9.47 Å². The van der Waals surface area contributed by atoms with Crippen LogP contribution < -0.4 is 9.47 Å². The van der Waals surface area contributed by atoms with Crippen molar-refractivity contribution in [2.75, 3.05) is 7.11 Å². The summed E-state index contributed by atoms with van der Waals surface area (Å²) in [6.45, 7) is 11.5. The van der Waals surface area contributed by atoms with E-state index >= 15 is 0 Å². The Kier molecular flexibility index (Phi) is 6.64. The third-order valence-corrected chi connectivity index (χ3v) is 7.62. The van der Waals surface area contributed by atoms with Gasteiger partial charge in [-0.15, -0.1) is 0 Å². The molecule has 4 aromatic rings. The molecule has 3 heterocycles. The number of methoxy groups -OCH3 is 1. The smallest absolute Gasteiger partial charge is 0.435 e. The summed E-state index contributed by atoms with van der Waals surface area (Å²) in [5, 5.41) is 3.73. The van der Waals surface area contributed by atoms with Gasteiger partial charge in [0.2, 0.25) is 17.4 Å². The number of fused-ring (bicyclic) bond motifs is 1. The van der Waals surface area contributed by atoms with Crippen LogP contribution in [0.4, 0.5) is 18.9 Å². The third kappa shape index (κ3) is 4.88. The van der Waals surface area contributed by atoms with Crippen LogP contribution >= 0.6 is 0 Å². The van der Waals surface area contributed by atoms with Gasteiger partial charge in [-0.3, -0.25) is 0 Å². The lowest BCUT2D eigenvalue weighted by Crippen LogP contribution is -2.09. The lowest BCUT2D eigenvalue weighted by Gasteiger charge is -2.20. The largest absolute Gasteiger partial charge is 0.480 e. The van der Waals surface area contributed by atoms with Crippen LogP contribution in [0.15, 0.2) is 36.7 Å². The summed E-state index contributed by atoms with van der Waals surface area (Å²) in [5.41, 5.74) is 5.10. The maximum absolute atomic E-state index is 13.1. The molecular weight excluding hydrogens is 533 g/mol. The molecule has 41 heavy (non-hydrogen) atoms. The van der Waals surface area contributed by atoms with Crippen molar-refractivity contribution in [3.8, 4) is 28.7 Å². The van der Waals surface area contributed by atoms with E-state index in [2.05, 4.69) is 19.9 Å². The van der Waals surface area contributed by atoms with Crippen LogP contribution in [0.2, 0.25) is 0 Å². The van der Waals surface area contributed by atoms with E-state index < -0.39 is 18.0 Å². The van der Waals surface area contributed by atoms with Crippen molar-refractivity contribution in [3.63, 3.8) is 0 Å². The van der Waals surface area contributed by atoms with Crippen molar-refractivity contribution in [2.24, 2.45) is 0 Å². The summed E-state index contributed by atoms with van der Waals surface area (Å²) in [6, 6.07) is 8.08. The highest BCUT2D eigenvalue weighted by Crippen LogP contribution is 2.50. The van der Waals surface area contributed by atoms with Gasteiger partial charge in [0, 0.05) is 17.2 Å². The van der Waals surface area contributed by atoms with Gasteiger partial charge in [0.15, 0.2) is 5.69 Å². The maximum atomic E-state index is 13.1. The molecule has 0 radical (unpaired) electrons. The SMILES string of the molecule is [C-]#[N+]c1c(-c2c(OC)ncnc2C2CC2)nc(OC(C)c2ccc(-n3nc(C(F)(F)F)cc3C)cc2)c2c1CCC2. The van der Waals surface area contributed by atoms with E-state index in [0.29, 0.717) is 40.1 Å². The van der Waals surface area contributed by atoms with Crippen LogP contribution in [-0.2, 0) is 19.0 Å². The van der Waals surface area contributed by atoms with Crippen molar-refractivity contribution >= 4 is 5.69 Å². The average molecular weight is 561 g/mol. The summed E-state index contributed by atoms with van der Waals surface area (Å²) < 4.78 is 52.7. The number of benzene rings is 1. The number of pyridine rings is 1. The van der Waals surface area contributed by atoms with E-state index in [0.717, 1.165) is 60.6 Å². The standard InChI is InChI=1S/C30H27F3N6O2/c1-16-14-23(30(31,32)33)38-39(16)20-12-10-18(11-13-20)17(2)41-28-22-7-5-6-21(22)26(34-3)27(37-28)24-25(19-8-9-19)35-15-36-29(24)40-4/h10-15,17,19H,5-9H2,1-2,4H3. The number of hydrogen-bond donors (Lipinski definition) is 0. The Labute approximate surface area is 235 Å². The predicted molar refractivity (Wildman–Crippen MR) is 144 cm³/mol. The molecule has 1 fully saturated rings. The summed E-state index contributed by atoms with van der Waals surface area (Å²) in [5.74, 6) is 1.12. The van der Waals surface area contributed by atoms with Crippen LogP contribution in [0.3, 0.4) is 0 Å². The Morgan fingerprint density at radius 1 is 1.07 bits per heavy atom. The van der Waals surface area contributed by atoms with Crippen molar-refractivity contribution in [1.82, 2.24) is 24.7 Å². The zero-order valence-electron chi connectivity index (χ0n) is 22.8. The second kappa shape index (κ2) is 10.2. The molecule has 0 aliphatic heterocycles. The molecular formula is C30H27F3N6O2. The van der Waals surface area contributed by atoms with Crippen molar-refractivity contribution in [1.29, 1.82) is 0 Å². The lowest BCUT2D eigenvalue weighted by molar-refractivity contribution is -0.141. The van der Waals surface area contributed by atoms with Crippen LogP contribution in [-0.4, -0.2) is 31.8 Å². The summed E-state index contributed by atoms with van der Waals surface area (Å²) >= 11 is 0. The van der Waals surface area contributed by atoms with E-state index in [-0.39, 0.29) is 5.92 Å². The molecule has 1 unspecified atom stereocenters. The number of hydrogen-bond acceptors (Lipinski definition) is 6. The fraction of sp³-hybridized carbons (Fsp3) is 0.367. The fourth-order valence-corrected chi connectivity index (χ4v) is 5.42. The molecule has 1 saturated carbocycles. The summed E-state index contributed by atoms with van der Waals surface area (Å²) in [4.78, 5) is 17.7. The van der Waals surface area contributed by atoms with Gasteiger partial charge in [-0.25, -0.2) is 24.5 Å². The minimum atomic E-state index is -4.51. The minimum absolute atomic E-state index is 0.281. The van der Waals surface area contributed by atoms with E-state index in [9.17, 15) is 13.2 Å². The van der Waals surface area contributed by atoms with Gasteiger partial charge >= 0.3 is 6.18 Å². The first-order chi connectivity index (χ1) is 19.7. The van der Waals surface area contributed by atoms with Gasteiger partial charge in [-0.1, -0.05) is 12.1 Å². The molecule has 11 heteroatoms. The highest BCUT2D eigenvalue weighted by molar-refractivity contribution is 5.84. The van der Waals surface area contributed by atoms with Crippen molar-refractivity contribution < 1.29 is 22.6 Å². The number of alkyl halides is 3. The monoisotopic (exact) mass is 560 g/mol. The molecule has 2 aliphatic rings. The number of aryl methyl sites for hydroxylation is 1. The van der Waals surface area contributed by atoms with Crippen molar-refractivity contribution in [2.45, 2.75) is 64.1 Å². The van der Waals surface area contributed by atoms with Crippen LogP contribution in [0.1, 0.15) is 72.0 Å². The fourth-order valence-electron chi connectivity index (χ4n) is 5.42. The first kappa shape index (κ1) is 26.7. The Bertz CT molecular complexity index is 1670. The van der Waals surface area contributed by atoms with Crippen LogP contribution in [0.25, 0.3) is 21.8 Å². The van der Waals surface area contributed by atoms with Crippen LogP contribution in [0, 0.1) is 13.5 Å². The van der Waals surface area contributed by atoms with E-state index in [4.69, 9.17) is 21.0 Å². The molecule has 2 aliphatic carbocycles. The van der Waals surface area contributed by atoms with Gasteiger partial charge in [-0.05, 0) is 75.3 Å². The molecule has 0 amide bonds. The zero-order chi connectivity index (χ0) is 28.9. The summed E-state index contributed by atoms with van der Waals surface area (Å²) in [6.07, 6.45) is 0.970. The second-order valence-electron chi connectivity index (χ2n) is 10.4. The van der Waals surface area contributed by atoms with Gasteiger partial charge in [-0.2, -0.15) is 18.3 Å². The Morgan fingerprint density at radius 2 is 1.80 bits per heavy atom. The topological polar surface area (TPSA) is 79.3 Å². The quantitative estimate of drug-likeness (QED) is 0.224. The van der Waals surface area contributed by atoms with Crippen LogP contribution in [0.5, 0.6) is 11.8 Å². The maximum Gasteiger partial charge on any atom is 0.435 e. The molecule has 0 spiro atoms. The number of aromatic nitrogens is 5. The molecule has 0 saturated heterocycles. The van der Waals surface area contributed by atoms with Gasteiger partial charge in [0.05, 0.1) is 36.3 Å². The number of halogens is 3. The molecule has 8 nitrogen and oxygen atoms in total. The highest BCUT2D eigenvalue weighted by atomic mass is 19.4. The highest BCUT2D eigenvalue weighted by Gasteiger charge is 2.35. The molecule has 0 bridgehead atoms. The number of rotatable bonds is 7. The average Bonchev–Trinajstić information content (AvgIpc) is 3.55. The second-order valence-corrected chi connectivity index (χ2v) is 10.4. The Balaban J connectivity index is 1.35. The summed E-state index contributed by atoms with van der Waals surface area (Å²) in [7, 11) is 1.55. The molecule has 6 rings (SSSR count). The van der Waals surface area contributed by atoms with E-state index in [1.807, 2.05) is 19.1 Å². The Morgan fingerprint density at radius 3 is 2.44 bits per heavy atom. The van der Waals surface area contributed by atoms with E-state index in [1.165, 1.54) is 11.0 Å². The normalized spacial score (nSPS) is 15.3. The molecule has 1 atom stereocenters. The van der Waals surface area contributed by atoms with E-state index in [1.54, 1.807) is 26.2 Å². The van der Waals surface area contributed by atoms with Gasteiger partial charge in [0.1, 0.15) is 12.4 Å². The lowest BCUT2D eigenvalue weighted by atomic mass is 10.0. The number of nitrogens with zero attached hydrogens (tertiary/aromatic N) is 6.